The van der Waals surface area contributed by atoms with E-state index in [9.17, 15) is 4.79 Å². The maximum absolute atomic E-state index is 12.6. The number of carbonyl (C=O) groups is 1. The number of thiophene rings is 1. The fourth-order valence-electron chi connectivity index (χ4n) is 4.26. The first-order chi connectivity index (χ1) is 14.0. The van der Waals surface area contributed by atoms with Gasteiger partial charge in [-0.25, -0.2) is 0 Å². The third-order valence-electron chi connectivity index (χ3n) is 5.73. The van der Waals surface area contributed by atoms with E-state index in [1.54, 1.807) is 0 Å². The lowest BCUT2D eigenvalue weighted by Gasteiger charge is -2.34. The lowest BCUT2D eigenvalue weighted by molar-refractivity contribution is -0.117. The Balaban J connectivity index is 1.29. The topological polar surface area (TPSA) is 35.6 Å². The van der Waals surface area contributed by atoms with Gasteiger partial charge in [0.2, 0.25) is 5.91 Å². The molecule has 1 aromatic heterocycles. The predicted molar refractivity (Wildman–Crippen MR) is 123 cm³/mol. The quantitative estimate of drug-likeness (QED) is 0.672. The van der Waals surface area contributed by atoms with Crippen molar-refractivity contribution in [3.8, 4) is 0 Å². The van der Waals surface area contributed by atoms with Gasteiger partial charge in [0.15, 0.2) is 0 Å². The molecule has 0 aliphatic carbocycles. The number of amides is 1. The number of hydrogen-bond acceptors (Lipinski definition) is 4. The predicted octanol–water partition coefficient (Wildman–Crippen LogP) is 4.58. The molecule has 2 heterocycles. The first-order valence-electron chi connectivity index (χ1n) is 10.3. The van der Waals surface area contributed by atoms with Crippen molar-refractivity contribution in [3.63, 3.8) is 0 Å². The summed E-state index contributed by atoms with van der Waals surface area (Å²) in [4.78, 5) is 17.3. The fourth-order valence-corrected chi connectivity index (χ4v) is 5.21. The molecule has 4 rings (SSSR count). The van der Waals surface area contributed by atoms with Crippen molar-refractivity contribution in [1.29, 1.82) is 0 Å². The van der Waals surface area contributed by atoms with Crippen molar-refractivity contribution in [2.45, 2.75) is 27.3 Å². The third kappa shape index (κ3) is 4.69. The highest BCUT2D eigenvalue weighted by atomic mass is 32.1. The van der Waals surface area contributed by atoms with Crippen LogP contribution in [0, 0.1) is 20.8 Å². The lowest BCUT2D eigenvalue weighted by Crippen LogP contribution is -2.48. The monoisotopic (exact) mass is 407 g/mol. The van der Waals surface area contributed by atoms with Crippen molar-refractivity contribution in [2.75, 3.05) is 38.0 Å². The van der Waals surface area contributed by atoms with Crippen molar-refractivity contribution in [1.82, 2.24) is 9.80 Å². The van der Waals surface area contributed by atoms with Gasteiger partial charge in [-0.3, -0.25) is 14.6 Å². The number of piperazine rings is 1. The summed E-state index contributed by atoms with van der Waals surface area (Å²) in [6.07, 6.45) is 0. The van der Waals surface area contributed by atoms with Gasteiger partial charge in [0.1, 0.15) is 0 Å². The van der Waals surface area contributed by atoms with Crippen LogP contribution in [0.3, 0.4) is 0 Å². The molecule has 1 amide bonds. The summed E-state index contributed by atoms with van der Waals surface area (Å²) in [7, 11) is 0. The molecule has 1 aliphatic rings. The Bertz CT molecular complexity index is 995. The summed E-state index contributed by atoms with van der Waals surface area (Å²) in [5, 5.41) is 6.79. The van der Waals surface area contributed by atoms with Crippen LogP contribution in [-0.4, -0.2) is 48.4 Å². The molecule has 0 spiro atoms. The van der Waals surface area contributed by atoms with Crippen molar-refractivity contribution < 1.29 is 4.79 Å². The molecule has 0 unspecified atom stereocenters. The van der Waals surface area contributed by atoms with E-state index in [1.165, 1.54) is 21.2 Å². The number of benzene rings is 2. The van der Waals surface area contributed by atoms with E-state index in [4.69, 9.17) is 0 Å². The minimum Gasteiger partial charge on any atom is -0.324 e. The molecule has 0 atom stereocenters. The number of aryl methyl sites for hydroxylation is 3. The largest absolute Gasteiger partial charge is 0.324 e. The van der Waals surface area contributed by atoms with Crippen LogP contribution in [0.2, 0.25) is 0 Å². The molecule has 29 heavy (non-hydrogen) atoms. The minimum absolute atomic E-state index is 0.0809. The first-order valence-corrected chi connectivity index (χ1v) is 11.1. The molecule has 4 nitrogen and oxygen atoms in total. The highest BCUT2D eigenvalue weighted by molar-refractivity contribution is 7.17. The zero-order chi connectivity index (χ0) is 20.4. The Labute approximate surface area is 177 Å². The Kier molecular flexibility index (Phi) is 5.99. The summed E-state index contributed by atoms with van der Waals surface area (Å²) >= 11 is 1.83. The smallest absolute Gasteiger partial charge is 0.238 e. The third-order valence-corrected chi connectivity index (χ3v) is 6.74. The van der Waals surface area contributed by atoms with Gasteiger partial charge in [-0.2, -0.15) is 0 Å². The van der Waals surface area contributed by atoms with Crippen molar-refractivity contribution >= 4 is 33.0 Å². The molecule has 0 saturated carbocycles. The molecule has 1 saturated heterocycles. The van der Waals surface area contributed by atoms with Crippen LogP contribution in [0.5, 0.6) is 0 Å². The number of fused-ring (bicyclic) bond motifs is 1. The second kappa shape index (κ2) is 8.66. The molecule has 1 fully saturated rings. The molecule has 5 heteroatoms. The highest BCUT2D eigenvalue weighted by Gasteiger charge is 2.20. The lowest BCUT2D eigenvalue weighted by atomic mass is 10.1. The summed E-state index contributed by atoms with van der Waals surface area (Å²) in [5.74, 6) is 0.0809. The normalized spacial score (nSPS) is 15.7. The van der Waals surface area contributed by atoms with Crippen molar-refractivity contribution in [2.24, 2.45) is 0 Å². The minimum atomic E-state index is 0.0809. The molecule has 1 N–H and O–H groups in total. The summed E-state index contributed by atoms with van der Waals surface area (Å²) < 4.78 is 1.36. The molecule has 0 bridgehead atoms. The number of hydrogen-bond donors (Lipinski definition) is 1. The number of nitrogens with zero attached hydrogens (tertiary/aromatic N) is 2. The number of rotatable bonds is 5. The van der Waals surface area contributed by atoms with E-state index in [1.807, 2.05) is 11.3 Å². The summed E-state index contributed by atoms with van der Waals surface area (Å²) in [6, 6.07) is 12.9. The molecule has 152 valence electrons. The Morgan fingerprint density at radius 2 is 1.66 bits per heavy atom. The Morgan fingerprint density at radius 3 is 2.38 bits per heavy atom. The van der Waals surface area contributed by atoms with E-state index < -0.39 is 0 Å². The zero-order valence-electron chi connectivity index (χ0n) is 17.5. The maximum Gasteiger partial charge on any atom is 0.238 e. The Morgan fingerprint density at radius 1 is 1.00 bits per heavy atom. The molecule has 0 radical (unpaired) electrons. The van der Waals surface area contributed by atoms with Crippen LogP contribution in [-0.2, 0) is 11.3 Å². The van der Waals surface area contributed by atoms with E-state index >= 15 is 0 Å². The summed E-state index contributed by atoms with van der Waals surface area (Å²) in [6.45, 7) is 11.5. The van der Waals surface area contributed by atoms with Crippen LogP contribution in [0.15, 0.2) is 41.8 Å². The van der Waals surface area contributed by atoms with Crippen LogP contribution in [0.25, 0.3) is 10.1 Å². The van der Waals surface area contributed by atoms with Crippen molar-refractivity contribution in [3.05, 3.63) is 64.0 Å². The van der Waals surface area contributed by atoms with Gasteiger partial charge in [-0.15, -0.1) is 11.3 Å². The number of carbonyl (C=O) groups excluding carboxylic acids is 1. The molecule has 3 aromatic rings. The molecule has 2 aromatic carbocycles. The van der Waals surface area contributed by atoms with Gasteiger partial charge in [0.25, 0.3) is 0 Å². The second-order valence-corrected chi connectivity index (χ2v) is 9.04. The molecular weight excluding hydrogens is 378 g/mol. The van der Waals surface area contributed by atoms with E-state index in [-0.39, 0.29) is 5.91 Å². The van der Waals surface area contributed by atoms with Gasteiger partial charge in [0, 0.05) is 43.1 Å². The molecule has 1 aliphatic heterocycles. The standard InChI is InChI=1S/C24H29N3OS/c1-17-12-18(2)24(19(3)13-17)25-23(28)15-27-10-8-26(9-11-27)14-20-16-29-22-7-5-4-6-21(20)22/h4-7,12-13,16H,8-11,14-15H2,1-3H3,(H,25,28). The average Bonchev–Trinajstić information content (AvgIpc) is 3.09. The van der Waals surface area contributed by atoms with Gasteiger partial charge >= 0.3 is 0 Å². The first kappa shape index (κ1) is 20.1. The molecular formula is C24H29N3OS. The van der Waals surface area contributed by atoms with Gasteiger partial charge in [-0.1, -0.05) is 35.9 Å². The van der Waals surface area contributed by atoms with Gasteiger partial charge in [-0.05, 0) is 54.3 Å². The van der Waals surface area contributed by atoms with E-state index in [0.717, 1.165) is 49.5 Å². The maximum atomic E-state index is 12.6. The van der Waals surface area contributed by atoms with E-state index in [2.05, 4.69) is 77.7 Å². The van der Waals surface area contributed by atoms with Crippen LogP contribution >= 0.6 is 11.3 Å². The van der Waals surface area contributed by atoms with Gasteiger partial charge in [0.05, 0.1) is 6.54 Å². The SMILES string of the molecule is Cc1cc(C)c(NC(=O)CN2CCN(Cc3csc4ccccc34)CC2)c(C)c1. The van der Waals surface area contributed by atoms with Crippen LogP contribution in [0.1, 0.15) is 22.3 Å². The second-order valence-electron chi connectivity index (χ2n) is 8.13. The van der Waals surface area contributed by atoms with E-state index in [0.29, 0.717) is 6.54 Å². The van der Waals surface area contributed by atoms with Gasteiger partial charge < -0.3 is 5.32 Å². The number of nitrogens with one attached hydrogen (secondary N) is 1. The fraction of sp³-hybridized carbons (Fsp3) is 0.375. The highest BCUT2D eigenvalue weighted by Crippen LogP contribution is 2.27. The van der Waals surface area contributed by atoms with Crippen LogP contribution in [0.4, 0.5) is 5.69 Å². The average molecular weight is 408 g/mol. The Hall–Kier alpha value is -2.21. The zero-order valence-corrected chi connectivity index (χ0v) is 18.3. The number of anilines is 1. The summed E-state index contributed by atoms with van der Waals surface area (Å²) in [5.41, 5.74) is 5.87. The van der Waals surface area contributed by atoms with Crippen LogP contribution < -0.4 is 5.32 Å².